The largest absolute Gasteiger partial charge is 0.479 e. The van der Waals surface area contributed by atoms with Crippen LogP contribution in [0.1, 0.15) is 6.42 Å². The van der Waals surface area contributed by atoms with Crippen LogP contribution in [0.5, 0.6) is 0 Å². The maximum atomic E-state index is 11.5. The highest BCUT2D eigenvalue weighted by molar-refractivity contribution is 9.10. The number of carbonyl (C=O) groups is 1. The molecule has 1 saturated heterocycles. The van der Waals surface area contributed by atoms with E-state index < -0.39 is 21.3 Å². The average Bonchev–Trinajstić information content (AvgIpc) is 2.59. The van der Waals surface area contributed by atoms with Crippen molar-refractivity contribution < 1.29 is 18.3 Å². The maximum absolute atomic E-state index is 11.5. The summed E-state index contributed by atoms with van der Waals surface area (Å²) in [6, 6.07) is 6.95. The first-order valence-corrected chi connectivity index (χ1v) is 7.92. The Hall–Kier alpha value is -1.08. The monoisotopic (exact) mass is 333 g/mol. The molecular formula is C11H12BrNO4S. The second-order valence-electron chi connectivity index (χ2n) is 4.36. The van der Waals surface area contributed by atoms with Crippen molar-refractivity contribution in [2.45, 2.75) is 12.0 Å². The van der Waals surface area contributed by atoms with E-state index >= 15 is 0 Å². The summed E-state index contributed by atoms with van der Waals surface area (Å²) in [5.41, 5.74) is -0.815. The molecule has 0 spiro atoms. The van der Waals surface area contributed by atoms with Gasteiger partial charge in [0.05, 0.1) is 11.5 Å². The van der Waals surface area contributed by atoms with Crippen LogP contribution in [0.25, 0.3) is 0 Å². The molecule has 0 aliphatic carbocycles. The van der Waals surface area contributed by atoms with Gasteiger partial charge in [0, 0.05) is 10.2 Å². The summed E-state index contributed by atoms with van der Waals surface area (Å²) in [6.07, 6.45) is 0.0841. The fourth-order valence-corrected chi connectivity index (χ4v) is 4.14. The second kappa shape index (κ2) is 4.55. The van der Waals surface area contributed by atoms with Gasteiger partial charge in [-0.2, -0.15) is 0 Å². The van der Waals surface area contributed by atoms with Crippen LogP contribution in [0.15, 0.2) is 28.7 Å². The molecule has 1 aromatic rings. The summed E-state index contributed by atoms with van der Waals surface area (Å²) in [5, 5.41) is 12.1. The SMILES string of the molecule is O=C(O)C1(Nc2ccc(Br)cc2)CCS(=O)(=O)C1. The summed E-state index contributed by atoms with van der Waals surface area (Å²) in [7, 11) is -3.28. The number of halogens is 1. The number of benzene rings is 1. The average molecular weight is 334 g/mol. The predicted molar refractivity (Wildman–Crippen MR) is 71.4 cm³/mol. The third-order valence-electron chi connectivity index (χ3n) is 2.94. The van der Waals surface area contributed by atoms with Crippen molar-refractivity contribution >= 4 is 37.4 Å². The van der Waals surface area contributed by atoms with Crippen molar-refractivity contribution in [3.8, 4) is 0 Å². The molecular weight excluding hydrogens is 322 g/mol. The van der Waals surface area contributed by atoms with Crippen LogP contribution in [0.2, 0.25) is 0 Å². The van der Waals surface area contributed by atoms with Gasteiger partial charge in [-0.25, -0.2) is 13.2 Å². The van der Waals surface area contributed by atoms with Crippen molar-refractivity contribution in [1.29, 1.82) is 0 Å². The number of sulfone groups is 1. The zero-order chi connectivity index (χ0) is 13.4. The van der Waals surface area contributed by atoms with E-state index in [0.29, 0.717) is 5.69 Å². The number of hydrogen-bond donors (Lipinski definition) is 2. The first-order chi connectivity index (χ1) is 8.33. The summed E-state index contributed by atoms with van der Waals surface area (Å²) < 4.78 is 23.8. The molecule has 0 radical (unpaired) electrons. The molecule has 5 nitrogen and oxygen atoms in total. The van der Waals surface area contributed by atoms with Gasteiger partial charge in [-0.1, -0.05) is 15.9 Å². The number of carboxylic acid groups (broad SMARTS) is 1. The highest BCUT2D eigenvalue weighted by Crippen LogP contribution is 2.28. The zero-order valence-electron chi connectivity index (χ0n) is 9.39. The van der Waals surface area contributed by atoms with Gasteiger partial charge in [0.1, 0.15) is 0 Å². The lowest BCUT2D eigenvalue weighted by Crippen LogP contribution is -2.47. The topological polar surface area (TPSA) is 83.5 Å². The zero-order valence-corrected chi connectivity index (χ0v) is 11.8. The molecule has 1 atom stereocenters. The number of aliphatic carboxylic acids is 1. The van der Waals surface area contributed by atoms with E-state index in [-0.39, 0.29) is 17.9 Å². The van der Waals surface area contributed by atoms with E-state index in [0.717, 1.165) is 4.47 Å². The highest BCUT2D eigenvalue weighted by Gasteiger charge is 2.48. The molecule has 1 aliphatic heterocycles. The molecule has 0 aromatic heterocycles. The van der Waals surface area contributed by atoms with E-state index in [4.69, 9.17) is 0 Å². The number of hydrogen-bond acceptors (Lipinski definition) is 4. The smallest absolute Gasteiger partial charge is 0.330 e. The molecule has 0 saturated carbocycles. The molecule has 1 aromatic carbocycles. The molecule has 0 bridgehead atoms. The molecule has 7 heteroatoms. The molecule has 1 unspecified atom stereocenters. The van der Waals surface area contributed by atoms with Crippen LogP contribution in [0, 0.1) is 0 Å². The van der Waals surface area contributed by atoms with E-state index in [1.807, 2.05) is 0 Å². The normalized spacial score (nSPS) is 25.8. The minimum Gasteiger partial charge on any atom is -0.479 e. The summed E-state index contributed by atoms with van der Waals surface area (Å²) >= 11 is 3.28. The Morgan fingerprint density at radius 3 is 2.39 bits per heavy atom. The summed E-state index contributed by atoms with van der Waals surface area (Å²) in [4.78, 5) is 11.3. The van der Waals surface area contributed by atoms with Gasteiger partial charge in [0.2, 0.25) is 0 Å². The van der Waals surface area contributed by atoms with Gasteiger partial charge in [-0.3, -0.25) is 0 Å². The first kappa shape index (κ1) is 13.4. The second-order valence-corrected chi connectivity index (χ2v) is 7.46. The van der Waals surface area contributed by atoms with Crippen LogP contribution < -0.4 is 5.32 Å². The van der Waals surface area contributed by atoms with Crippen molar-refractivity contribution in [2.24, 2.45) is 0 Å². The Labute approximate surface area is 113 Å². The molecule has 2 rings (SSSR count). The van der Waals surface area contributed by atoms with E-state index in [2.05, 4.69) is 21.2 Å². The van der Waals surface area contributed by atoms with Crippen molar-refractivity contribution in [2.75, 3.05) is 16.8 Å². The molecule has 18 heavy (non-hydrogen) atoms. The lowest BCUT2D eigenvalue weighted by atomic mass is 9.99. The minimum atomic E-state index is -3.28. The molecule has 0 amide bonds. The fraction of sp³-hybridized carbons (Fsp3) is 0.364. The van der Waals surface area contributed by atoms with Crippen molar-refractivity contribution in [1.82, 2.24) is 0 Å². The molecule has 2 N–H and O–H groups in total. The quantitative estimate of drug-likeness (QED) is 0.875. The third-order valence-corrected chi connectivity index (χ3v) is 5.23. The highest BCUT2D eigenvalue weighted by atomic mass is 79.9. The summed E-state index contributed by atoms with van der Waals surface area (Å²) in [6.45, 7) is 0. The molecule has 98 valence electrons. The van der Waals surface area contributed by atoms with Gasteiger partial charge in [-0.05, 0) is 30.7 Å². The minimum absolute atomic E-state index is 0.0841. The standard InChI is InChI=1S/C11H12BrNO4S/c12-8-1-3-9(4-2-8)13-11(10(14)15)5-6-18(16,17)7-11/h1-4,13H,5-7H2,(H,14,15). The number of nitrogens with one attached hydrogen (secondary N) is 1. The Bertz CT molecular complexity index is 569. The van der Waals surface area contributed by atoms with Gasteiger partial charge < -0.3 is 10.4 Å². The predicted octanol–water partition coefficient (Wildman–Crippen LogP) is 1.50. The third kappa shape index (κ3) is 2.67. The van der Waals surface area contributed by atoms with Crippen LogP contribution in [0.4, 0.5) is 5.69 Å². The van der Waals surface area contributed by atoms with Crippen LogP contribution >= 0.6 is 15.9 Å². The Morgan fingerprint density at radius 2 is 1.94 bits per heavy atom. The lowest BCUT2D eigenvalue weighted by molar-refractivity contribution is -0.141. The summed E-state index contributed by atoms with van der Waals surface area (Å²) in [5.74, 6) is -1.60. The van der Waals surface area contributed by atoms with Crippen LogP contribution in [-0.4, -0.2) is 36.5 Å². The van der Waals surface area contributed by atoms with Gasteiger partial charge in [-0.15, -0.1) is 0 Å². The molecule has 1 heterocycles. The molecule has 1 fully saturated rings. The van der Waals surface area contributed by atoms with E-state index in [1.54, 1.807) is 24.3 Å². The van der Waals surface area contributed by atoms with Crippen molar-refractivity contribution in [3.05, 3.63) is 28.7 Å². The Kier molecular flexibility index (Phi) is 3.37. The van der Waals surface area contributed by atoms with Crippen molar-refractivity contribution in [3.63, 3.8) is 0 Å². The number of carboxylic acids is 1. The van der Waals surface area contributed by atoms with Gasteiger partial charge in [0.25, 0.3) is 0 Å². The van der Waals surface area contributed by atoms with Crippen LogP contribution in [0.3, 0.4) is 0 Å². The van der Waals surface area contributed by atoms with Gasteiger partial charge in [0.15, 0.2) is 15.4 Å². The number of rotatable bonds is 3. The lowest BCUT2D eigenvalue weighted by Gasteiger charge is -2.25. The molecule has 1 aliphatic rings. The first-order valence-electron chi connectivity index (χ1n) is 5.31. The fourth-order valence-electron chi connectivity index (χ4n) is 1.98. The maximum Gasteiger partial charge on any atom is 0.330 e. The van der Waals surface area contributed by atoms with Gasteiger partial charge >= 0.3 is 5.97 Å². The van der Waals surface area contributed by atoms with Crippen LogP contribution in [-0.2, 0) is 14.6 Å². The van der Waals surface area contributed by atoms with E-state index in [1.165, 1.54) is 0 Å². The number of anilines is 1. The van der Waals surface area contributed by atoms with E-state index in [9.17, 15) is 18.3 Å². The Morgan fingerprint density at radius 1 is 1.33 bits per heavy atom. The Balaban J connectivity index is 2.28.